The van der Waals surface area contributed by atoms with Crippen LogP contribution in [-0.4, -0.2) is 24.0 Å². The van der Waals surface area contributed by atoms with E-state index in [1.807, 2.05) is 0 Å². The zero-order chi connectivity index (χ0) is 14.2. The van der Waals surface area contributed by atoms with Crippen molar-refractivity contribution in [3.05, 3.63) is 35.4 Å². The lowest BCUT2D eigenvalue weighted by Crippen LogP contribution is -2.36. The van der Waals surface area contributed by atoms with Crippen LogP contribution >= 0.6 is 0 Å². The molecule has 0 unspecified atom stereocenters. The molecule has 1 aliphatic rings. The van der Waals surface area contributed by atoms with Crippen LogP contribution in [0.25, 0.3) is 0 Å². The van der Waals surface area contributed by atoms with Crippen molar-refractivity contribution < 1.29 is 0 Å². The normalized spacial score (nSPS) is 17.4. The Hall–Kier alpha value is -0.860. The van der Waals surface area contributed by atoms with E-state index in [4.69, 9.17) is 5.73 Å². The first-order chi connectivity index (χ1) is 9.79. The van der Waals surface area contributed by atoms with Gasteiger partial charge in [-0.15, -0.1) is 0 Å². The van der Waals surface area contributed by atoms with Gasteiger partial charge in [0.1, 0.15) is 0 Å². The van der Waals surface area contributed by atoms with Gasteiger partial charge in [-0.3, -0.25) is 4.90 Å². The molecule has 0 aliphatic heterocycles. The van der Waals surface area contributed by atoms with E-state index in [1.54, 1.807) is 0 Å². The number of rotatable bonds is 6. The molecular formula is C18H30N2. The smallest absolute Gasteiger partial charge is 0.0236 e. The molecule has 0 aromatic heterocycles. The van der Waals surface area contributed by atoms with Gasteiger partial charge in [-0.05, 0) is 44.8 Å². The number of nitrogens with zero attached hydrogens (tertiary/aromatic N) is 1. The van der Waals surface area contributed by atoms with Gasteiger partial charge >= 0.3 is 0 Å². The summed E-state index contributed by atoms with van der Waals surface area (Å²) in [7, 11) is 0. The third kappa shape index (κ3) is 4.92. The second-order valence-electron chi connectivity index (χ2n) is 6.24. The summed E-state index contributed by atoms with van der Waals surface area (Å²) in [5.41, 5.74) is 8.51. The molecule has 0 radical (unpaired) electrons. The van der Waals surface area contributed by atoms with E-state index in [-0.39, 0.29) is 0 Å². The summed E-state index contributed by atoms with van der Waals surface area (Å²) in [6, 6.07) is 9.78. The molecule has 1 aliphatic carbocycles. The average Bonchev–Trinajstić information content (AvgIpc) is 2.74. The Morgan fingerprint density at radius 2 is 1.70 bits per heavy atom. The minimum absolute atomic E-state index is 0.769. The fraction of sp³-hybridized carbons (Fsp3) is 0.667. The maximum atomic E-state index is 5.72. The predicted molar refractivity (Wildman–Crippen MR) is 86.8 cm³/mol. The maximum absolute atomic E-state index is 5.72. The van der Waals surface area contributed by atoms with Gasteiger partial charge in [-0.2, -0.15) is 0 Å². The minimum Gasteiger partial charge on any atom is -0.330 e. The summed E-state index contributed by atoms with van der Waals surface area (Å²) in [6.07, 6.45) is 9.50. The fourth-order valence-electron chi connectivity index (χ4n) is 3.24. The second-order valence-corrected chi connectivity index (χ2v) is 6.24. The first kappa shape index (κ1) is 15.5. The number of hydrogen-bond donors (Lipinski definition) is 1. The Balaban J connectivity index is 1.99. The lowest BCUT2D eigenvalue weighted by Gasteiger charge is -2.31. The Morgan fingerprint density at radius 1 is 1.05 bits per heavy atom. The minimum atomic E-state index is 0.769. The van der Waals surface area contributed by atoms with Crippen LogP contribution in [0.2, 0.25) is 0 Å². The third-order valence-electron chi connectivity index (χ3n) is 4.50. The van der Waals surface area contributed by atoms with Crippen molar-refractivity contribution in [2.24, 2.45) is 5.73 Å². The van der Waals surface area contributed by atoms with Crippen LogP contribution in [0.1, 0.15) is 56.1 Å². The molecule has 0 bridgehead atoms. The van der Waals surface area contributed by atoms with Crippen LogP contribution in [0.5, 0.6) is 0 Å². The van der Waals surface area contributed by atoms with E-state index in [1.165, 1.54) is 49.7 Å². The fourth-order valence-corrected chi connectivity index (χ4v) is 3.24. The number of nitrogens with two attached hydrogens (primary N) is 1. The molecule has 0 amide bonds. The summed E-state index contributed by atoms with van der Waals surface area (Å²) in [4.78, 5) is 2.68. The number of benzene rings is 1. The second kappa shape index (κ2) is 8.43. The van der Waals surface area contributed by atoms with Gasteiger partial charge in [0.15, 0.2) is 0 Å². The van der Waals surface area contributed by atoms with Crippen molar-refractivity contribution in [2.45, 2.75) is 64.5 Å². The van der Waals surface area contributed by atoms with Gasteiger partial charge in [0.25, 0.3) is 0 Å². The standard InChI is InChI=1S/C18H30N2/c1-16-9-11-17(12-10-16)15-20(14-6-13-19)18-7-4-2-3-5-8-18/h9-12,18H,2-8,13-15,19H2,1H3. The van der Waals surface area contributed by atoms with Crippen LogP contribution in [0.3, 0.4) is 0 Å². The Kier molecular flexibility index (Phi) is 6.55. The van der Waals surface area contributed by atoms with Crippen molar-refractivity contribution in [3.8, 4) is 0 Å². The highest BCUT2D eigenvalue weighted by Crippen LogP contribution is 2.23. The van der Waals surface area contributed by atoms with E-state index in [9.17, 15) is 0 Å². The molecule has 0 atom stereocenters. The molecule has 1 aromatic carbocycles. The molecule has 0 heterocycles. The Morgan fingerprint density at radius 3 is 2.30 bits per heavy atom. The highest BCUT2D eigenvalue weighted by atomic mass is 15.1. The Bertz CT molecular complexity index is 364. The first-order valence-corrected chi connectivity index (χ1v) is 8.29. The summed E-state index contributed by atoms with van der Waals surface area (Å²) in [5, 5.41) is 0. The van der Waals surface area contributed by atoms with E-state index >= 15 is 0 Å². The molecule has 0 spiro atoms. The molecule has 2 N–H and O–H groups in total. The van der Waals surface area contributed by atoms with Gasteiger partial charge in [0.2, 0.25) is 0 Å². The molecule has 2 heteroatoms. The van der Waals surface area contributed by atoms with Crippen molar-refractivity contribution in [2.75, 3.05) is 13.1 Å². The summed E-state index contributed by atoms with van der Waals surface area (Å²) in [5.74, 6) is 0. The van der Waals surface area contributed by atoms with Crippen LogP contribution in [0.4, 0.5) is 0 Å². The van der Waals surface area contributed by atoms with E-state index in [0.29, 0.717) is 0 Å². The molecular weight excluding hydrogens is 244 g/mol. The lowest BCUT2D eigenvalue weighted by atomic mass is 10.0. The number of aryl methyl sites for hydroxylation is 1. The zero-order valence-electron chi connectivity index (χ0n) is 13.0. The molecule has 1 aromatic rings. The quantitative estimate of drug-likeness (QED) is 0.798. The Labute approximate surface area is 124 Å². The van der Waals surface area contributed by atoms with Gasteiger partial charge < -0.3 is 5.73 Å². The largest absolute Gasteiger partial charge is 0.330 e. The van der Waals surface area contributed by atoms with Crippen molar-refractivity contribution in [3.63, 3.8) is 0 Å². The first-order valence-electron chi connectivity index (χ1n) is 8.29. The van der Waals surface area contributed by atoms with Crippen LogP contribution < -0.4 is 5.73 Å². The highest BCUT2D eigenvalue weighted by Gasteiger charge is 2.19. The van der Waals surface area contributed by atoms with E-state index in [2.05, 4.69) is 36.1 Å². The zero-order valence-corrected chi connectivity index (χ0v) is 13.0. The van der Waals surface area contributed by atoms with Gasteiger partial charge in [0.05, 0.1) is 0 Å². The summed E-state index contributed by atoms with van der Waals surface area (Å²) in [6.45, 7) is 5.19. The third-order valence-corrected chi connectivity index (χ3v) is 4.50. The number of hydrogen-bond acceptors (Lipinski definition) is 2. The molecule has 112 valence electrons. The monoisotopic (exact) mass is 274 g/mol. The topological polar surface area (TPSA) is 29.3 Å². The van der Waals surface area contributed by atoms with E-state index < -0.39 is 0 Å². The van der Waals surface area contributed by atoms with Gasteiger partial charge in [0, 0.05) is 12.6 Å². The van der Waals surface area contributed by atoms with Crippen molar-refractivity contribution >= 4 is 0 Å². The molecule has 2 nitrogen and oxygen atoms in total. The molecule has 20 heavy (non-hydrogen) atoms. The molecule has 1 saturated carbocycles. The van der Waals surface area contributed by atoms with Gasteiger partial charge in [-0.1, -0.05) is 55.5 Å². The van der Waals surface area contributed by atoms with Crippen LogP contribution in [0, 0.1) is 6.92 Å². The highest BCUT2D eigenvalue weighted by molar-refractivity contribution is 5.21. The van der Waals surface area contributed by atoms with Crippen LogP contribution in [-0.2, 0) is 6.54 Å². The average molecular weight is 274 g/mol. The molecule has 1 fully saturated rings. The van der Waals surface area contributed by atoms with E-state index in [0.717, 1.165) is 32.1 Å². The predicted octanol–water partition coefficient (Wildman–Crippen LogP) is 3.87. The van der Waals surface area contributed by atoms with Gasteiger partial charge in [-0.25, -0.2) is 0 Å². The summed E-state index contributed by atoms with van der Waals surface area (Å²) < 4.78 is 0. The maximum Gasteiger partial charge on any atom is 0.0236 e. The molecule has 2 rings (SSSR count). The van der Waals surface area contributed by atoms with Crippen molar-refractivity contribution in [1.29, 1.82) is 0 Å². The summed E-state index contributed by atoms with van der Waals surface area (Å²) >= 11 is 0. The van der Waals surface area contributed by atoms with Crippen molar-refractivity contribution in [1.82, 2.24) is 4.90 Å². The molecule has 0 saturated heterocycles. The lowest BCUT2D eigenvalue weighted by molar-refractivity contribution is 0.169. The van der Waals surface area contributed by atoms with Crippen LogP contribution in [0.15, 0.2) is 24.3 Å². The SMILES string of the molecule is Cc1ccc(CN(CCCN)C2CCCCCC2)cc1.